The quantitative estimate of drug-likeness (QED) is 0.796. The smallest absolute Gasteiger partial charge is 0.368 e. The minimum absolute atomic E-state index is 0.218. The Balaban J connectivity index is 1.85. The van der Waals surface area contributed by atoms with Crippen molar-refractivity contribution in [1.82, 2.24) is 14.0 Å². The van der Waals surface area contributed by atoms with Crippen LogP contribution in [-0.4, -0.2) is 33.2 Å². The Morgan fingerprint density at radius 1 is 1.18 bits per heavy atom. The standard InChI is InChI=1S/C19H22F3N3O3/c1-12-8-25(10-14-9-23(2)18(27)24(3)17(14)26)11-16(28-12)13-5-4-6-15(7-13)19(20,21)22/h4-7,9,12,16H,8,10-11H2,1-3H3. The Kier molecular flexibility index (Phi) is 5.49. The number of alkyl halides is 3. The van der Waals surface area contributed by atoms with Crippen molar-refractivity contribution in [3.05, 3.63) is 68.0 Å². The molecule has 2 heterocycles. The summed E-state index contributed by atoms with van der Waals surface area (Å²) in [5, 5.41) is 0. The Morgan fingerprint density at radius 3 is 2.57 bits per heavy atom. The lowest BCUT2D eigenvalue weighted by Gasteiger charge is -2.37. The molecule has 3 rings (SSSR count). The average molecular weight is 397 g/mol. The van der Waals surface area contributed by atoms with Crippen LogP contribution in [0.1, 0.15) is 29.7 Å². The minimum Gasteiger partial charge on any atom is -0.368 e. The predicted octanol–water partition coefficient (Wildman–Crippen LogP) is 2.06. The fraction of sp³-hybridized carbons (Fsp3) is 0.474. The molecular weight excluding hydrogens is 375 g/mol. The maximum atomic E-state index is 13.0. The first kappa shape index (κ1) is 20.3. The highest BCUT2D eigenvalue weighted by atomic mass is 19.4. The van der Waals surface area contributed by atoms with Gasteiger partial charge in [0, 0.05) is 45.5 Å². The maximum Gasteiger partial charge on any atom is 0.416 e. The minimum atomic E-state index is -4.42. The SMILES string of the molecule is CC1CN(Cc2cn(C)c(=O)n(C)c2=O)CC(c2cccc(C(F)(F)F)c2)O1. The number of hydrogen-bond acceptors (Lipinski definition) is 4. The molecule has 1 aromatic carbocycles. The molecule has 152 valence electrons. The van der Waals surface area contributed by atoms with Crippen LogP contribution in [0.25, 0.3) is 0 Å². The van der Waals surface area contributed by atoms with Crippen LogP contribution in [0.5, 0.6) is 0 Å². The summed E-state index contributed by atoms with van der Waals surface area (Å²) in [6.07, 6.45) is -3.67. The zero-order valence-electron chi connectivity index (χ0n) is 15.9. The van der Waals surface area contributed by atoms with Gasteiger partial charge in [0.15, 0.2) is 0 Å². The molecule has 1 aliphatic rings. The second-order valence-corrected chi connectivity index (χ2v) is 7.16. The van der Waals surface area contributed by atoms with E-state index in [0.29, 0.717) is 24.2 Å². The van der Waals surface area contributed by atoms with Crippen molar-refractivity contribution >= 4 is 0 Å². The second kappa shape index (κ2) is 7.56. The lowest BCUT2D eigenvalue weighted by Crippen LogP contribution is -2.45. The molecule has 1 aliphatic heterocycles. The van der Waals surface area contributed by atoms with E-state index in [1.54, 1.807) is 13.1 Å². The van der Waals surface area contributed by atoms with Gasteiger partial charge in [0.25, 0.3) is 5.56 Å². The molecule has 2 atom stereocenters. The lowest BCUT2D eigenvalue weighted by atomic mass is 10.0. The molecular formula is C19H22F3N3O3. The number of aryl methyl sites for hydroxylation is 1. The molecule has 0 aliphatic carbocycles. The number of morpholine rings is 1. The Hall–Kier alpha value is -2.39. The number of benzene rings is 1. The molecule has 6 nitrogen and oxygen atoms in total. The molecule has 9 heteroatoms. The third-order valence-electron chi connectivity index (χ3n) is 4.83. The van der Waals surface area contributed by atoms with Gasteiger partial charge < -0.3 is 9.30 Å². The van der Waals surface area contributed by atoms with Crippen LogP contribution in [0.15, 0.2) is 40.1 Å². The number of halogens is 3. The van der Waals surface area contributed by atoms with Crippen molar-refractivity contribution in [2.75, 3.05) is 13.1 Å². The van der Waals surface area contributed by atoms with Crippen molar-refractivity contribution in [2.45, 2.75) is 31.9 Å². The molecule has 0 bridgehead atoms. The largest absolute Gasteiger partial charge is 0.416 e. The molecule has 1 fully saturated rings. The number of ether oxygens (including phenoxy) is 1. The van der Waals surface area contributed by atoms with Gasteiger partial charge in [-0.2, -0.15) is 13.2 Å². The first-order valence-electron chi connectivity index (χ1n) is 8.86. The van der Waals surface area contributed by atoms with Crippen molar-refractivity contribution in [2.24, 2.45) is 14.1 Å². The zero-order valence-corrected chi connectivity index (χ0v) is 15.9. The third kappa shape index (κ3) is 4.20. The summed E-state index contributed by atoms with van der Waals surface area (Å²) < 4.78 is 47.3. The molecule has 0 N–H and O–H groups in total. The van der Waals surface area contributed by atoms with E-state index in [4.69, 9.17) is 4.74 Å². The molecule has 28 heavy (non-hydrogen) atoms. The lowest BCUT2D eigenvalue weighted by molar-refractivity contribution is -0.137. The highest BCUT2D eigenvalue weighted by Gasteiger charge is 2.33. The van der Waals surface area contributed by atoms with E-state index in [9.17, 15) is 22.8 Å². The highest BCUT2D eigenvalue weighted by Crippen LogP contribution is 2.33. The van der Waals surface area contributed by atoms with Crippen LogP contribution < -0.4 is 11.2 Å². The molecule has 0 radical (unpaired) electrons. The molecule has 1 saturated heterocycles. The number of nitrogens with zero attached hydrogens (tertiary/aromatic N) is 3. The number of rotatable bonds is 3. The van der Waals surface area contributed by atoms with Gasteiger partial charge in [-0.25, -0.2) is 4.79 Å². The monoisotopic (exact) mass is 397 g/mol. The van der Waals surface area contributed by atoms with E-state index >= 15 is 0 Å². The summed E-state index contributed by atoms with van der Waals surface area (Å²) in [7, 11) is 2.99. The summed E-state index contributed by atoms with van der Waals surface area (Å²) >= 11 is 0. The summed E-state index contributed by atoms with van der Waals surface area (Å²) in [6.45, 7) is 2.99. The van der Waals surface area contributed by atoms with Crippen molar-refractivity contribution in [3.63, 3.8) is 0 Å². The van der Waals surface area contributed by atoms with Gasteiger partial charge in [0.1, 0.15) is 0 Å². The van der Waals surface area contributed by atoms with Crippen molar-refractivity contribution < 1.29 is 17.9 Å². The molecule has 0 saturated carbocycles. The highest BCUT2D eigenvalue weighted by molar-refractivity contribution is 5.28. The van der Waals surface area contributed by atoms with Crippen LogP contribution in [0.4, 0.5) is 13.2 Å². The zero-order chi connectivity index (χ0) is 20.6. The van der Waals surface area contributed by atoms with Crippen molar-refractivity contribution in [3.8, 4) is 0 Å². The van der Waals surface area contributed by atoms with E-state index in [1.165, 1.54) is 23.9 Å². The van der Waals surface area contributed by atoms with Crippen LogP contribution >= 0.6 is 0 Å². The van der Waals surface area contributed by atoms with Gasteiger partial charge in [0.2, 0.25) is 0 Å². The van der Waals surface area contributed by atoms with Gasteiger partial charge >= 0.3 is 11.9 Å². The van der Waals surface area contributed by atoms with Gasteiger partial charge in [-0.3, -0.25) is 14.3 Å². The molecule has 2 unspecified atom stereocenters. The predicted molar refractivity (Wildman–Crippen MR) is 96.9 cm³/mol. The first-order chi connectivity index (χ1) is 13.1. The average Bonchev–Trinajstić information content (AvgIpc) is 2.63. The summed E-state index contributed by atoms with van der Waals surface area (Å²) in [4.78, 5) is 26.2. The van der Waals surface area contributed by atoms with E-state index in [0.717, 1.165) is 16.7 Å². The van der Waals surface area contributed by atoms with Crippen molar-refractivity contribution in [1.29, 1.82) is 0 Å². The number of hydrogen-bond donors (Lipinski definition) is 0. The van der Waals surface area contributed by atoms with Gasteiger partial charge in [0.05, 0.1) is 17.8 Å². The van der Waals surface area contributed by atoms with Gasteiger partial charge in [-0.1, -0.05) is 12.1 Å². The van der Waals surface area contributed by atoms with Crippen LogP contribution in [0.3, 0.4) is 0 Å². The Bertz CT molecular complexity index is 981. The van der Waals surface area contributed by atoms with E-state index < -0.39 is 23.5 Å². The van der Waals surface area contributed by atoms with Gasteiger partial charge in [-0.15, -0.1) is 0 Å². The topological polar surface area (TPSA) is 56.5 Å². The third-order valence-corrected chi connectivity index (χ3v) is 4.83. The van der Waals surface area contributed by atoms with Crippen LogP contribution in [-0.2, 0) is 31.6 Å². The normalized spacial score (nSPS) is 21.1. The van der Waals surface area contributed by atoms with E-state index in [-0.39, 0.29) is 18.2 Å². The summed E-state index contributed by atoms with van der Waals surface area (Å²) in [5.41, 5.74) is -0.615. The molecule has 0 amide bonds. The Morgan fingerprint density at radius 2 is 1.89 bits per heavy atom. The fourth-order valence-electron chi connectivity index (χ4n) is 3.50. The summed E-state index contributed by atoms with van der Waals surface area (Å²) in [6, 6.07) is 5.11. The maximum absolute atomic E-state index is 13.0. The second-order valence-electron chi connectivity index (χ2n) is 7.16. The fourth-order valence-corrected chi connectivity index (χ4v) is 3.50. The molecule has 2 aromatic rings. The molecule has 0 spiro atoms. The Labute approximate surface area is 159 Å². The molecule has 1 aromatic heterocycles. The van der Waals surface area contributed by atoms with Crippen LogP contribution in [0, 0.1) is 0 Å². The first-order valence-corrected chi connectivity index (χ1v) is 8.86. The summed E-state index contributed by atoms with van der Waals surface area (Å²) in [5.74, 6) is 0. The van der Waals surface area contributed by atoms with Crippen LogP contribution in [0.2, 0.25) is 0 Å². The number of aromatic nitrogens is 2. The van der Waals surface area contributed by atoms with E-state index in [2.05, 4.69) is 0 Å². The van der Waals surface area contributed by atoms with Gasteiger partial charge in [-0.05, 0) is 24.6 Å². The van der Waals surface area contributed by atoms with E-state index in [1.807, 2.05) is 11.8 Å².